The minimum atomic E-state index is -4.74. The molecule has 0 saturated heterocycles. The van der Waals surface area contributed by atoms with Gasteiger partial charge in [-0.2, -0.15) is 0 Å². The highest BCUT2D eigenvalue weighted by molar-refractivity contribution is 7.47. The average molecular weight is 692 g/mol. The molecule has 0 aliphatic carbocycles. The van der Waals surface area contributed by atoms with E-state index in [4.69, 9.17) is 13.8 Å². The first-order chi connectivity index (χ1) is 22.6. The maximum atomic E-state index is 12.2. The van der Waals surface area contributed by atoms with Crippen LogP contribution in [0.25, 0.3) is 0 Å². The van der Waals surface area contributed by atoms with Gasteiger partial charge in [-0.05, 0) is 38.5 Å². The maximum Gasteiger partial charge on any atom is 0.472 e. The molecular formula is C35H66NO10P. The van der Waals surface area contributed by atoms with Gasteiger partial charge in [0, 0.05) is 12.8 Å². The topological polar surface area (TPSA) is 169 Å². The molecule has 0 saturated carbocycles. The van der Waals surface area contributed by atoms with E-state index in [9.17, 15) is 34.1 Å². The second-order valence-corrected chi connectivity index (χ2v) is 13.9. The normalized spacial score (nSPS) is 14.1. The van der Waals surface area contributed by atoms with Gasteiger partial charge in [0.1, 0.15) is 12.7 Å². The minimum Gasteiger partial charge on any atom is -0.480 e. The van der Waals surface area contributed by atoms with Crippen molar-refractivity contribution in [3.8, 4) is 0 Å². The molecule has 3 unspecified atom stereocenters. The first kappa shape index (κ1) is 45.2. The highest BCUT2D eigenvalue weighted by Gasteiger charge is 2.28. The minimum absolute atomic E-state index is 0.138. The number of rotatable bonds is 34. The summed E-state index contributed by atoms with van der Waals surface area (Å²) in [5, 5.41) is 21.6. The zero-order chi connectivity index (χ0) is 35.0. The summed E-state index contributed by atoms with van der Waals surface area (Å²) in [6.07, 6.45) is 27.0. The molecule has 0 spiro atoms. The van der Waals surface area contributed by atoms with Crippen LogP contribution in [0.2, 0.25) is 0 Å². The van der Waals surface area contributed by atoms with Crippen LogP contribution in [0.3, 0.4) is 0 Å². The van der Waals surface area contributed by atoms with E-state index >= 15 is 0 Å². The number of carboxylic acid groups (broad SMARTS) is 1. The molecule has 0 heterocycles. The zero-order valence-electron chi connectivity index (χ0n) is 29.3. The van der Waals surface area contributed by atoms with Crippen molar-refractivity contribution in [2.45, 2.75) is 174 Å². The lowest BCUT2D eigenvalue weighted by Gasteiger charge is -2.18. The smallest absolute Gasteiger partial charge is 0.472 e. The summed E-state index contributed by atoms with van der Waals surface area (Å²) < 4.78 is 26.6. The van der Waals surface area contributed by atoms with Crippen LogP contribution in [-0.2, 0) is 32.7 Å². The van der Waals surface area contributed by atoms with Crippen molar-refractivity contribution in [3.63, 3.8) is 0 Å². The Morgan fingerprint density at radius 3 is 1.62 bits per heavy atom. The van der Waals surface area contributed by atoms with Gasteiger partial charge in [0.15, 0.2) is 6.04 Å². The number of aliphatic hydroxyl groups is 1. The molecule has 0 aliphatic heterocycles. The monoisotopic (exact) mass is 691 g/mol. The van der Waals surface area contributed by atoms with Crippen molar-refractivity contribution >= 4 is 25.7 Å². The second kappa shape index (κ2) is 31.5. The Bertz CT molecular complexity index is 869. The summed E-state index contributed by atoms with van der Waals surface area (Å²) in [6.45, 7) is 2.50. The number of unbranched alkanes of at least 4 members (excludes halogenated alkanes) is 18. The van der Waals surface area contributed by atoms with E-state index in [0.29, 0.717) is 12.8 Å². The van der Waals surface area contributed by atoms with E-state index in [-0.39, 0.29) is 12.8 Å². The summed E-state index contributed by atoms with van der Waals surface area (Å²) in [5.74, 6) is -2.39. The zero-order valence-corrected chi connectivity index (χ0v) is 30.2. The predicted octanol–water partition coefficient (Wildman–Crippen LogP) is 8.16. The molecule has 0 bridgehead atoms. The number of nitrogens with one attached hydrogen (secondary N) is 1. The molecule has 4 N–H and O–H groups in total. The number of esters is 1. The Kier molecular flexibility index (Phi) is 30.3. The fourth-order valence-electron chi connectivity index (χ4n) is 4.90. The summed E-state index contributed by atoms with van der Waals surface area (Å²) in [5.41, 5.74) is 0. The van der Waals surface area contributed by atoms with Crippen molar-refractivity contribution in [2.24, 2.45) is 0 Å². The molecule has 0 aromatic heterocycles. The standard InChI is InChI=1S/C35H66NO10P/c1-3-5-7-9-11-12-13-14-15-16-17-18-19-21-22-24-26-33(38)36-32(35(40)41)30-46-47(42,43)45-29-31(37)28-44-34(39)27-25-23-20-10-8-6-4-2/h15-16,31-32,37H,3-14,17-30H2,1-2H3,(H,36,38)(H,40,41)(H,42,43)/b16-15-. The van der Waals surface area contributed by atoms with Crippen molar-refractivity contribution < 1.29 is 47.8 Å². The third-order valence-corrected chi connectivity index (χ3v) is 8.76. The molecule has 276 valence electrons. The van der Waals surface area contributed by atoms with Gasteiger partial charge in [-0.25, -0.2) is 9.36 Å². The molecule has 3 atom stereocenters. The number of hydrogen-bond acceptors (Lipinski definition) is 8. The Hall–Kier alpha value is -1.78. The SMILES string of the molecule is CCCCCCCCC/C=C\CCCCCCCC(=O)NC(COP(=O)(O)OCC(O)COC(=O)CCCCCCCCC)C(=O)O. The van der Waals surface area contributed by atoms with Crippen LogP contribution in [0.1, 0.15) is 162 Å². The van der Waals surface area contributed by atoms with Crippen LogP contribution >= 0.6 is 7.82 Å². The summed E-state index contributed by atoms with van der Waals surface area (Å²) in [4.78, 5) is 45.5. The largest absolute Gasteiger partial charge is 0.480 e. The molecule has 0 radical (unpaired) electrons. The highest BCUT2D eigenvalue weighted by Crippen LogP contribution is 2.43. The third-order valence-electron chi connectivity index (χ3n) is 7.80. The Labute approximate surface area is 284 Å². The van der Waals surface area contributed by atoms with E-state index in [0.717, 1.165) is 57.8 Å². The van der Waals surface area contributed by atoms with Crippen LogP contribution in [0.4, 0.5) is 0 Å². The third kappa shape index (κ3) is 31.3. The van der Waals surface area contributed by atoms with Gasteiger partial charge < -0.3 is 25.2 Å². The van der Waals surface area contributed by atoms with Crippen LogP contribution < -0.4 is 5.32 Å². The van der Waals surface area contributed by atoms with Crippen LogP contribution in [0, 0.1) is 0 Å². The number of aliphatic hydroxyl groups excluding tert-OH is 1. The van der Waals surface area contributed by atoms with Gasteiger partial charge in [0.25, 0.3) is 0 Å². The molecule has 0 aromatic rings. The number of allylic oxidation sites excluding steroid dienone is 2. The number of hydrogen-bond donors (Lipinski definition) is 4. The van der Waals surface area contributed by atoms with Gasteiger partial charge in [-0.3, -0.25) is 18.6 Å². The molecule has 47 heavy (non-hydrogen) atoms. The van der Waals surface area contributed by atoms with Crippen LogP contribution in [0.15, 0.2) is 12.2 Å². The molecule has 0 aromatic carbocycles. The Morgan fingerprint density at radius 2 is 1.11 bits per heavy atom. The lowest BCUT2D eigenvalue weighted by molar-refractivity contribution is -0.147. The van der Waals surface area contributed by atoms with E-state index in [1.165, 1.54) is 64.2 Å². The average Bonchev–Trinajstić information content (AvgIpc) is 3.04. The summed E-state index contributed by atoms with van der Waals surface area (Å²) in [7, 11) is -4.74. The van der Waals surface area contributed by atoms with Crippen molar-refractivity contribution in [1.29, 1.82) is 0 Å². The quantitative estimate of drug-likeness (QED) is 0.0224. The molecule has 0 fully saturated rings. The number of carboxylic acids is 1. The van der Waals surface area contributed by atoms with Crippen LogP contribution in [-0.4, -0.2) is 64.9 Å². The number of ether oxygens (including phenoxy) is 1. The lowest BCUT2D eigenvalue weighted by atomic mass is 10.1. The molecular weight excluding hydrogens is 625 g/mol. The van der Waals surface area contributed by atoms with Gasteiger partial charge in [0.2, 0.25) is 5.91 Å². The second-order valence-electron chi connectivity index (χ2n) is 12.4. The first-order valence-electron chi connectivity index (χ1n) is 18.2. The molecule has 1 amide bonds. The van der Waals surface area contributed by atoms with Gasteiger partial charge in [0.05, 0.1) is 13.2 Å². The molecule has 11 nitrogen and oxygen atoms in total. The van der Waals surface area contributed by atoms with Crippen molar-refractivity contribution in [2.75, 3.05) is 19.8 Å². The van der Waals surface area contributed by atoms with E-state index < -0.39 is 57.6 Å². The Balaban J connectivity index is 3.99. The van der Waals surface area contributed by atoms with E-state index in [1.54, 1.807) is 0 Å². The molecule has 12 heteroatoms. The summed E-state index contributed by atoms with van der Waals surface area (Å²) in [6, 6.07) is -1.54. The summed E-state index contributed by atoms with van der Waals surface area (Å²) >= 11 is 0. The predicted molar refractivity (Wildman–Crippen MR) is 185 cm³/mol. The number of carbonyl (C=O) groups is 3. The van der Waals surface area contributed by atoms with Gasteiger partial charge >= 0.3 is 19.8 Å². The number of aliphatic carboxylic acids is 1. The molecule has 0 rings (SSSR count). The number of phosphoric ester groups is 1. The van der Waals surface area contributed by atoms with Gasteiger partial charge in [-0.1, -0.05) is 122 Å². The number of phosphoric acid groups is 1. The fourth-order valence-corrected chi connectivity index (χ4v) is 5.67. The Morgan fingerprint density at radius 1 is 0.660 bits per heavy atom. The van der Waals surface area contributed by atoms with E-state index in [1.807, 2.05) is 0 Å². The first-order valence-corrected chi connectivity index (χ1v) is 19.7. The van der Waals surface area contributed by atoms with Crippen molar-refractivity contribution in [1.82, 2.24) is 5.32 Å². The van der Waals surface area contributed by atoms with Crippen LogP contribution in [0.5, 0.6) is 0 Å². The lowest BCUT2D eigenvalue weighted by Crippen LogP contribution is -2.43. The fraction of sp³-hybridized carbons (Fsp3) is 0.857. The number of carbonyl (C=O) groups excluding carboxylic acids is 2. The van der Waals surface area contributed by atoms with E-state index in [2.05, 4.69) is 31.3 Å². The van der Waals surface area contributed by atoms with Crippen molar-refractivity contribution in [3.05, 3.63) is 12.2 Å². The number of amides is 1. The molecule has 0 aliphatic rings. The maximum absolute atomic E-state index is 12.2. The van der Waals surface area contributed by atoms with Gasteiger partial charge in [-0.15, -0.1) is 0 Å². The highest BCUT2D eigenvalue weighted by atomic mass is 31.2.